The van der Waals surface area contributed by atoms with E-state index >= 15 is 0 Å². The normalized spacial score (nSPS) is 14.1. The van der Waals surface area contributed by atoms with Gasteiger partial charge >= 0.3 is 30.2 Å². The first kappa shape index (κ1) is 78.0. The van der Waals surface area contributed by atoms with Crippen LogP contribution < -0.4 is 42.5 Å². The number of alkyl carbamates (subject to hydrolysis) is 3. The molecule has 97 heavy (non-hydrogen) atoms. The van der Waals surface area contributed by atoms with E-state index in [1.165, 1.54) is 12.2 Å². The Labute approximate surface area is 567 Å². The Morgan fingerprint density at radius 2 is 1.10 bits per heavy atom. The summed E-state index contributed by atoms with van der Waals surface area (Å²) in [5, 5.41) is 21.0. The second-order valence-corrected chi connectivity index (χ2v) is 24.5. The number of ether oxygens (including phenoxy) is 7. The van der Waals surface area contributed by atoms with E-state index in [1.54, 1.807) is 76.2 Å². The summed E-state index contributed by atoms with van der Waals surface area (Å²) in [5.74, 6) is -5.48. The number of hydrogen-bond acceptors (Lipinski definition) is 18. The molecule has 0 aliphatic heterocycles. The lowest BCUT2D eigenvalue weighted by Gasteiger charge is -2.27. The van der Waals surface area contributed by atoms with E-state index < -0.39 is 102 Å². The molecule has 0 bridgehead atoms. The molecule has 1 saturated carbocycles. The van der Waals surface area contributed by atoms with Gasteiger partial charge in [0.05, 0.1) is 33.0 Å². The van der Waals surface area contributed by atoms with Gasteiger partial charge in [-0.1, -0.05) is 148 Å². The highest BCUT2D eigenvalue weighted by Gasteiger charge is 2.34. The van der Waals surface area contributed by atoms with Crippen LogP contribution in [0.15, 0.2) is 138 Å². The van der Waals surface area contributed by atoms with Gasteiger partial charge in [0.15, 0.2) is 0 Å². The SMILES string of the molecule is COC(=O)[C@H](CCC(=O)OC1CCCCC1)NC(=O)[C@H](COCc1ccccc1)NC(=O)[C@@H](NC(=O)/C=C/CCNC(=O)[C@H](CC(C)C)NC(=O)[C@H](CCCN=C(NC(=O)OCc1ccccc1)NC(=O)OCc1ccccc1)NC(=O)OC(C)(C)C)[C@@H](C)OCc1ccccc1. The minimum Gasteiger partial charge on any atom is -0.467 e. The molecule has 1 aliphatic rings. The molecule has 0 spiro atoms. The van der Waals surface area contributed by atoms with Crippen molar-refractivity contribution in [3.05, 3.63) is 156 Å². The summed E-state index contributed by atoms with van der Waals surface area (Å²) in [6.07, 6.45) is 3.03. The van der Waals surface area contributed by atoms with Gasteiger partial charge in [0, 0.05) is 19.5 Å². The van der Waals surface area contributed by atoms with Crippen LogP contribution in [0.3, 0.4) is 0 Å². The van der Waals surface area contributed by atoms with E-state index in [9.17, 15) is 47.9 Å². The fourth-order valence-electron chi connectivity index (χ4n) is 9.76. The van der Waals surface area contributed by atoms with Crippen molar-refractivity contribution in [2.24, 2.45) is 10.9 Å². The monoisotopic (exact) mass is 1350 g/mol. The molecule has 0 saturated heterocycles. The molecule has 5 rings (SSSR count). The van der Waals surface area contributed by atoms with E-state index in [1.807, 2.05) is 86.6 Å². The molecule has 1 aliphatic carbocycles. The second-order valence-electron chi connectivity index (χ2n) is 24.5. The third-order valence-electron chi connectivity index (χ3n) is 14.7. The molecule has 526 valence electrons. The number of aliphatic imine (C=N–C) groups is 1. The molecule has 0 unspecified atom stereocenters. The predicted octanol–water partition coefficient (Wildman–Crippen LogP) is 7.57. The summed E-state index contributed by atoms with van der Waals surface area (Å²) < 4.78 is 38.8. The van der Waals surface area contributed by atoms with Crippen molar-refractivity contribution < 1.29 is 81.1 Å². The zero-order valence-corrected chi connectivity index (χ0v) is 56.4. The molecular weight excluding hydrogens is 1250 g/mol. The lowest BCUT2D eigenvalue weighted by atomic mass is 9.98. The molecule has 8 N–H and O–H groups in total. The Bertz CT molecular complexity index is 3120. The molecule has 26 heteroatoms. The number of nitrogens with one attached hydrogen (secondary N) is 8. The number of carbonyl (C=O) groups excluding carboxylic acids is 10. The smallest absolute Gasteiger partial charge is 0.414 e. The Morgan fingerprint density at radius 1 is 0.577 bits per heavy atom. The van der Waals surface area contributed by atoms with Gasteiger partial charge in [-0.2, -0.15) is 0 Å². The molecule has 4 aromatic rings. The first-order valence-corrected chi connectivity index (χ1v) is 32.7. The van der Waals surface area contributed by atoms with Gasteiger partial charge in [-0.15, -0.1) is 0 Å². The zero-order valence-electron chi connectivity index (χ0n) is 56.4. The number of guanidine groups is 1. The van der Waals surface area contributed by atoms with Crippen LogP contribution in [-0.4, -0.2) is 141 Å². The molecule has 26 nitrogen and oxygen atoms in total. The number of benzene rings is 4. The Balaban J connectivity index is 1.24. The van der Waals surface area contributed by atoms with Crippen molar-refractivity contribution in [1.29, 1.82) is 0 Å². The molecule has 1 fully saturated rings. The number of hydrogen-bond donors (Lipinski definition) is 8. The van der Waals surface area contributed by atoms with Gasteiger partial charge in [-0.25, -0.2) is 19.2 Å². The van der Waals surface area contributed by atoms with Crippen LogP contribution in [0.2, 0.25) is 0 Å². The summed E-state index contributed by atoms with van der Waals surface area (Å²) in [6.45, 7) is 9.67. The summed E-state index contributed by atoms with van der Waals surface area (Å²) in [6, 6.07) is 29.5. The van der Waals surface area contributed by atoms with E-state index in [4.69, 9.17) is 33.2 Å². The maximum absolute atomic E-state index is 14.5. The first-order chi connectivity index (χ1) is 46.5. The van der Waals surface area contributed by atoms with Crippen LogP contribution in [-0.2, 0) is 93.1 Å². The molecule has 6 atom stereocenters. The van der Waals surface area contributed by atoms with Crippen molar-refractivity contribution in [3.8, 4) is 0 Å². The van der Waals surface area contributed by atoms with Crippen LogP contribution in [0, 0.1) is 5.92 Å². The standard InChI is InChI=1S/C71H95N9O17/c1-48(2)42-57(75-63(84)55(77-70(90)97-71(4,5)6)36-25-41-73-67(79-68(88)94-45-52-30-17-10-18-31-52)80-69(89)95-46-53-32-19-11-20-33-53)62(83)72-40-24-23-37-59(81)78-61(49(3)93-44-51-28-15-9-16-29-51)65(86)76-58(47-92-43-50-26-13-8-14-27-50)64(85)74-56(66(87)91-7)38-39-60(82)96-54-34-21-12-22-35-54/h8-11,13-20,23,26-33,37,48-49,54-58,61H,12,21-22,24-25,34-36,38-47H2,1-7H3,(H,72,83)(H,74,85)(H,75,84)(H,76,86)(H,77,90)(H,78,81)(H2,73,79,80,88,89)/b37-23+/t49-,55+,56+,57+,58+,61+/m1/s1. The fourth-order valence-corrected chi connectivity index (χ4v) is 9.76. The van der Waals surface area contributed by atoms with Crippen LogP contribution in [0.4, 0.5) is 14.4 Å². The van der Waals surface area contributed by atoms with Crippen LogP contribution >= 0.6 is 0 Å². The van der Waals surface area contributed by atoms with Crippen LogP contribution in [0.25, 0.3) is 0 Å². The van der Waals surface area contributed by atoms with Crippen molar-refractivity contribution in [2.45, 2.75) is 187 Å². The minimum absolute atomic E-state index is 0.0107. The fraction of sp³-hybridized carbons (Fsp3) is 0.479. The first-order valence-electron chi connectivity index (χ1n) is 32.7. The number of rotatable bonds is 36. The molecular formula is C71H95N9O17. The number of esters is 2. The molecule has 0 heterocycles. The van der Waals surface area contributed by atoms with Crippen LogP contribution in [0.5, 0.6) is 0 Å². The van der Waals surface area contributed by atoms with Crippen molar-refractivity contribution in [3.63, 3.8) is 0 Å². The van der Waals surface area contributed by atoms with Gasteiger partial charge in [0.25, 0.3) is 0 Å². The lowest BCUT2D eigenvalue weighted by molar-refractivity contribution is -0.152. The third-order valence-corrected chi connectivity index (χ3v) is 14.7. The maximum Gasteiger partial charge on any atom is 0.414 e. The van der Waals surface area contributed by atoms with Crippen LogP contribution in [0.1, 0.15) is 134 Å². The largest absolute Gasteiger partial charge is 0.467 e. The number of carbonyl (C=O) groups is 10. The van der Waals surface area contributed by atoms with Crippen molar-refractivity contribution in [1.82, 2.24) is 42.5 Å². The number of nitrogens with zero attached hydrogens (tertiary/aromatic N) is 1. The summed E-state index contributed by atoms with van der Waals surface area (Å²) in [5.41, 5.74) is 2.02. The van der Waals surface area contributed by atoms with Gasteiger partial charge in [0.2, 0.25) is 35.5 Å². The van der Waals surface area contributed by atoms with E-state index in [-0.39, 0.29) is 103 Å². The molecule has 0 aromatic heterocycles. The average Bonchev–Trinajstić information content (AvgIpc) is 0.982. The van der Waals surface area contributed by atoms with Crippen molar-refractivity contribution in [2.75, 3.05) is 26.8 Å². The van der Waals surface area contributed by atoms with E-state index in [2.05, 4.69) is 47.5 Å². The summed E-state index contributed by atoms with van der Waals surface area (Å²) in [4.78, 5) is 140. The third kappa shape index (κ3) is 32.1. The second kappa shape index (κ2) is 42.7. The average molecular weight is 1350 g/mol. The van der Waals surface area contributed by atoms with Gasteiger partial charge < -0.3 is 65.1 Å². The highest BCUT2D eigenvalue weighted by atomic mass is 16.6. The quantitative estimate of drug-likeness (QED) is 0.00543. The topological polar surface area (TPSA) is 344 Å². The number of methoxy groups -OCH3 is 1. The maximum atomic E-state index is 14.5. The van der Waals surface area contributed by atoms with Gasteiger partial charge in [-0.05, 0) is 120 Å². The van der Waals surface area contributed by atoms with Crippen molar-refractivity contribution >= 4 is 65.7 Å². The van der Waals surface area contributed by atoms with E-state index in [0.29, 0.717) is 11.1 Å². The Morgan fingerprint density at radius 3 is 1.65 bits per heavy atom. The molecule has 0 radical (unpaired) electrons. The van der Waals surface area contributed by atoms with Gasteiger partial charge in [0.1, 0.15) is 55.1 Å². The highest BCUT2D eigenvalue weighted by molar-refractivity contribution is 6.01. The lowest BCUT2D eigenvalue weighted by Crippen LogP contribution is -2.59. The number of amides is 8. The summed E-state index contributed by atoms with van der Waals surface area (Å²) in [7, 11) is 1.14. The summed E-state index contributed by atoms with van der Waals surface area (Å²) >= 11 is 0. The van der Waals surface area contributed by atoms with Gasteiger partial charge in [-0.3, -0.25) is 44.4 Å². The zero-order chi connectivity index (χ0) is 70.4. The van der Waals surface area contributed by atoms with E-state index in [0.717, 1.165) is 50.3 Å². The Hall–Kier alpha value is -9.69. The predicted molar refractivity (Wildman–Crippen MR) is 359 cm³/mol. The Kier molecular flexibility index (Phi) is 34.3. The molecule has 4 aromatic carbocycles. The minimum atomic E-state index is -1.45. The highest BCUT2D eigenvalue weighted by Crippen LogP contribution is 2.21. The molecule has 8 amide bonds.